The van der Waals surface area contributed by atoms with Gasteiger partial charge in [0.1, 0.15) is 0 Å². The van der Waals surface area contributed by atoms with Crippen molar-refractivity contribution in [2.24, 2.45) is 11.7 Å². The minimum atomic E-state index is -0.387. The highest BCUT2D eigenvalue weighted by molar-refractivity contribution is 5.99. The molecule has 2 unspecified atom stereocenters. The summed E-state index contributed by atoms with van der Waals surface area (Å²) in [5.74, 6) is 0.261. The first-order valence-electron chi connectivity index (χ1n) is 9.87. The van der Waals surface area contributed by atoms with Crippen LogP contribution in [0.4, 0.5) is 0 Å². The minimum Gasteiger partial charge on any atom is -0.386 e. The third kappa shape index (κ3) is 5.12. The molecular formula is C22H33N3O2. The van der Waals surface area contributed by atoms with Gasteiger partial charge in [0.25, 0.3) is 0 Å². The summed E-state index contributed by atoms with van der Waals surface area (Å²) in [4.78, 5) is 24.1. The molecule has 0 fully saturated rings. The molecule has 2 atom stereocenters. The Balaban J connectivity index is 2.09. The van der Waals surface area contributed by atoms with Gasteiger partial charge in [0.2, 0.25) is 5.91 Å². The Hall–Kier alpha value is -2.30. The van der Waals surface area contributed by atoms with E-state index >= 15 is 0 Å². The lowest BCUT2D eigenvalue weighted by Crippen LogP contribution is -2.27. The number of carbonyl (C=O) groups excluding carboxylic acids is 2. The summed E-state index contributed by atoms with van der Waals surface area (Å²) >= 11 is 0. The summed E-state index contributed by atoms with van der Waals surface area (Å²) in [6.45, 7) is 10.9. The molecule has 27 heavy (non-hydrogen) atoms. The third-order valence-electron chi connectivity index (χ3n) is 5.35. The van der Waals surface area contributed by atoms with Crippen LogP contribution in [0.25, 0.3) is 0 Å². The van der Waals surface area contributed by atoms with Gasteiger partial charge >= 0.3 is 0 Å². The number of aromatic nitrogens is 1. The molecule has 1 aromatic heterocycles. The molecule has 5 nitrogen and oxygen atoms in total. The van der Waals surface area contributed by atoms with E-state index in [-0.39, 0.29) is 11.7 Å². The highest BCUT2D eigenvalue weighted by atomic mass is 16.1. The van der Waals surface area contributed by atoms with Crippen molar-refractivity contribution in [2.45, 2.75) is 72.9 Å². The number of aryl methyl sites for hydroxylation is 1. The highest BCUT2D eigenvalue weighted by Crippen LogP contribution is 2.29. The maximum atomic E-state index is 12.3. The smallest absolute Gasteiger partial charge is 0.246 e. The molecule has 0 saturated heterocycles. The second kappa shape index (κ2) is 9.07. The van der Waals surface area contributed by atoms with Crippen molar-refractivity contribution in [3.8, 4) is 0 Å². The minimum absolute atomic E-state index is 0.259. The summed E-state index contributed by atoms with van der Waals surface area (Å²) in [6, 6.07) is 0.303. The molecule has 0 aromatic carbocycles. The van der Waals surface area contributed by atoms with Gasteiger partial charge in [-0.05, 0) is 51.5 Å². The molecule has 0 radical (unpaired) electrons. The molecule has 1 amide bonds. The standard InChI is InChI=1S/C22H33N3O2/c1-6-16(4)24-17(5)18(22(23)27)9-7-8-10-25-13-15(3)21-19(25)11-14(2)12-20(21)26/h7-8,13-14,16,24H,6,9-12H2,1-5H3,(H2,23,27)/b8-7-,18-17-. The molecule has 3 N–H and O–H groups in total. The molecule has 0 aliphatic heterocycles. The molecule has 0 bridgehead atoms. The van der Waals surface area contributed by atoms with Gasteiger partial charge in [0.05, 0.1) is 0 Å². The van der Waals surface area contributed by atoms with Crippen molar-refractivity contribution in [1.82, 2.24) is 9.88 Å². The number of nitrogens with two attached hydrogens (primary N) is 1. The van der Waals surface area contributed by atoms with Crippen LogP contribution in [0.3, 0.4) is 0 Å². The van der Waals surface area contributed by atoms with E-state index in [4.69, 9.17) is 5.73 Å². The lowest BCUT2D eigenvalue weighted by molar-refractivity contribution is -0.114. The lowest BCUT2D eigenvalue weighted by atomic mass is 9.87. The lowest BCUT2D eigenvalue weighted by Gasteiger charge is -2.20. The number of amides is 1. The van der Waals surface area contributed by atoms with Crippen LogP contribution in [0.1, 0.15) is 68.6 Å². The van der Waals surface area contributed by atoms with E-state index in [2.05, 4.69) is 36.9 Å². The SMILES string of the molecule is CCC(C)N/C(C)=C(/C/C=C\Cn1cc(C)c2c1CC(C)CC2=O)C(N)=O. The van der Waals surface area contributed by atoms with Crippen molar-refractivity contribution >= 4 is 11.7 Å². The Labute approximate surface area is 162 Å². The zero-order chi connectivity index (χ0) is 20.1. The fraction of sp³-hybridized carbons (Fsp3) is 0.545. The van der Waals surface area contributed by atoms with Crippen LogP contribution in [0, 0.1) is 12.8 Å². The summed E-state index contributed by atoms with van der Waals surface area (Å²) in [5, 5.41) is 3.33. The number of fused-ring (bicyclic) bond motifs is 1. The molecule has 0 saturated carbocycles. The average molecular weight is 372 g/mol. The first-order chi connectivity index (χ1) is 12.7. The number of hydrogen-bond donors (Lipinski definition) is 2. The maximum absolute atomic E-state index is 12.3. The number of hydrogen-bond acceptors (Lipinski definition) is 3. The van der Waals surface area contributed by atoms with Crippen molar-refractivity contribution < 1.29 is 9.59 Å². The third-order valence-corrected chi connectivity index (χ3v) is 5.35. The molecule has 1 aliphatic rings. The molecular weight excluding hydrogens is 338 g/mol. The van der Waals surface area contributed by atoms with Crippen LogP contribution in [0.5, 0.6) is 0 Å². The zero-order valence-corrected chi connectivity index (χ0v) is 17.3. The van der Waals surface area contributed by atoms with Crippen molar-refractivity contribution in [3.05, 3.63) is 46.4 Å². The summed E-state index contributed by atoms with van der Waals surface area (Å²) < 4.78 is 2.16. The zero-order valence-electron chi connectivity index (χ0n) is 17.3. The van der Waals surface area contributed by atoms with Crippen LogP contribution < -0.4 is 11.1 Å². The number of rotatable bonds is 8. The molecule has 1 heterocycles. The van der Waals surface area contributed by atoms with Crippen LogP contribution in [0.2, 0.25) is 0 Å². The van der Waals surface area contributed by atoms with Gasteiger partial charge in [0, 0.05) is 47.7 Å². The molecule has 5 heteroatoms. The number of ketones is 1. The first kappa shape index (κ1) is 21.0. The average Bonchev–Trinajstić information content (AvgIpc) is 2.89. The van der Waals surface area contributed by atoms with E-state index in [0.29, 0.717) is 36.9 Å². The van der Waals surface area contributed by atoms with Crippen LogP contribution in [-0.4, -0.2) is 22.3 Å². The number of carbonyl (C=O) groups is 2. The quantitative estimate of drug-likeness (QED) is 0.541. The number of nitrogens with one attached hydrogen (secondary N) is 1. The Morgan fingerprint density at radius 2 is 2.11 bits per heavy atom. The van der Waals surface area contributed by atoms with Gasteiger partial charge in [-0.1, -0.05) is 26.0 Å². The van der Waals surface area contributed by atoms with Crippen LogP contribution in [0.15, 0.2) is 29.6 Å². The van der Waals surface area contributed by atoms with Gasteiger partial charge in [-0.2, -0.15) is 0 Å². The van der Waals surface area contributed by atoms with E-state index in [1.807, 2.05) is 26.0 Å². The Morgan fingerprint density at radius 1 is 1.41 bits per heavy atom. The van der Waals surface area contributed by atoms with Gasteiger partial charge in [-0.3, -0.25) is 9.59 Å². The molecule has 0 spiro atoms. The number of allylic oxidation sites excluding steroid dienone is 3. The van der Waals surface area contributed by atoms with Crippen molar-refractivity contribution in [3.63, 3.8) is 0 Å². The van der Waals surface area contributed by atoms with E-state index in [0.717, 1.165) is 35.4 Å². The molecule has 148 valence electrons. The Kier molecular flexibility index (Phi) is 7.05. The summed E-state index contributed by atoms with van der Waals surface area (Å²) in [6.07, 6.45) is 9.15. The molecule has 1 aromatic rings. The van der Waals surface area contributed by atoms with Crippen molar-refractivity contribution in [1.29, 1.82) is 0 Å². The number of primary amides is 1. The highest BCUT2D eigenvalue weighted by Gasteiger charge is 2.27. The first-order valence-corrected chi connectivity index (χ1v) is 9.87. The summed E-state index contributed by atoms with van der Waals surface area (Å²) in [7, 11) is 0. The predicted octanol–water partition coefficient (Wildman–Crippen LogP) is 3.66. The van der Waals surface area contributed by atoms with Gasteiger partial charge in [-0.15, -0.1) is 0 Å². The topological polar surface area (TPSA) is 77.1 Å². The molecule has 1 aliphatic carbocycles. The van der Waals surface area contributed by atoms with Crippen molar-refractivity contribution in [2.75, 3.05) is 0 Å². The van der Waals surface area contributed by atoms with Gasteiger partial charge in [-0.25, -0.2) is 0 Å². The van der Waals surface area contributed by atoms with E-state index in [9.17, 15) is 9.59 Å². The van der Waals surface area contributed by atoms with Crippen LogP contribution in [-0.2, 0) is 17.8 Å². The normalized spacial score (nSPS) is 19.0. The maximum Gasteiger partial charge on any atom is 0.246 e. The second-order valence-corrected chi connectivity index (χ2v) is 7.82. The predicted molar refractivity (Wildman–Crippen MR) is 110 cm³/mol. The van der Waals surface area contributed by atoms with Gasteiger partial charge in [0.15, 0.2) is 5.78 Å². The molecule has 2 rings (SSSR count). The monoisotopic (exact) mass is 371 g/mol. The van der Waals surface area contributed by atoms with Gasteiger partial charge < -0.3 is 15.6 Å². The fourth-order valence-electron chi connectivity index (χ4n) is 3.72. The van der Waals surface area contributed by atoms with Crippen LogP contribution >= 0.6 is 0 Å². The Morgan fingerprint density at radius 3 is 2.74 bits per heavy atom. The van der Waals surface area contributed by atoms with E-state index < -0.39 is 0 Å². The second-order valence-electron chi connectivity index (χ2n) is 7.82. The van der Waals surface area contributed by atoms with E-state index in [1.54, 1.807) is 0 Å². The summed E-state index contributed by atoms with van der Waals surface area (Å²) in [5.41, 5.74) is 10.1. The fourth-order valence-corrected chi connectivity index (χ4v) is 3.72. The van der Waals surface area contributed by atoms with E-state index in [1.165, 1.54) is 0 Å². The number of Topliss-reactive ketones (excluding diaryl/α,β-unsaturated/α-hetero) is 1. The largest absolute Gasteiger partial charge is 0.386 e. The number of nitrogens with zero attached hydrogens (tertiary/aromatic N) is 1. The Bertz CT molecular complexity index is 771.